The second-order valence-electron chi connectivity index (χ2n) is 5.53. The van der Waals surface area contributed by atoms with E-state index in [1.165, 1.54) is 0 Å². The second-order valence-corrected chi connectivity index (χ2v) is 7.76. The third-order valence-electron chi connectivity index (χ3n) is 4.60. The van der Waals surface area contributed by atoms with Gasteiger partial charge in [0.25, 0.3) is 0 Å². The first-order valence-corrected chi connectivity index (χ1v) is 8.30. The van der Waals surface area contributed by atoms with E-state index in [9.17, 15) is 18.3 Å². The highest BCUT2D eigenvalue weighted by atomic mass is 32.2. The van der Waals surface area contributed by atoms with Crippen LogP contribution < -0.4 is 0 Å². The van der Waals surface area contributed by atoms with Crippen molar-refractivity contribution in [3.8, 4) is 0 Å². The Hall–Kier alpha value is -1.36. The summed E-state index contributed by atoms with van der Waals surface area (Å²) in [5.41, 5.74) is 0.874. The van der Waals surface area contributed by atoms with Crippen LogP contribution in [-0.2, 0) is 26.5 Å². The van der Waals surface area contributed by atoms with Crippen molar-refractivity contribution in [1.29, 1.82) is 0 Å². The van der Waals surface area contributed by atoms with E-state index in [2.05, 4.69) is 0 Å². The lowest BCUT2D eigenvalue weighted by atomic mass is 9.71. The van der Waals surface area contributed by atoms with Gasteiger partial charge in [-0.05, 0) is 36.3 Å². The number of sulfone groups is 1. The number of hydrogen-bond acceptors (Lipinski definition) is 3. The predicted octanol–water partition coefficient (Wildman–Crippen LogP) is 1.39. The molecule has 1 aromatic rings. The Labute approximate surface area is 112 Å². The van der Waals surface area contributed by atoms with Gasteiger partial charge in [0.1, 0.15) is 0 Å². The molecule has 102 valence electrons. The molecule has 1 N–H and O–H groups in total. The quantitative estimate of drug-likeness (QED) is 0.888. The minimum absolute atomic E-state index is 0.00757. The van der Waals surface area contributed by atoms with Crippen molar-refractivity contribution in [2.75, 3.05) is 11.5 Å². The maximum atomic E-state index is 11.9. The molecule has 0 radical (unpaired) electrons. The van der Waals surface area contributed by atoms with E-state index >= 15 is 0 Å². The molecule has 1 heterocycles. The molecule has 3 rings (SSSR count). The summed E-state index contributed by atoms with van der Waals surface area (Å²) in [6.45, 7) is 0. The van der Waals surface area contributed by atoms with Crippen LogP contribution in [0.5, 0.6) is 0 Å². The maximum Gasteiger partial charge on any atom is 0.314 e. The van der Waals surface area contributed by atoms with Crippen LogP contribution in [0.4, 0.5) is 0 Å². The molecule has 1 aromatic carbocycles. The molecule has 0 saturated carbocycles. The van der Waals surface area contributed by atoms with E-state index in [0.29, 0.717) is 12.8 Å². The van der Waals surface area contributed by atoms with Crippen LogP contribution in [0.3, 0.4) is 0 Å². The third-order valence-corrected chi connectivity index (χ3v) is 6.37. The molecule has 0 spiro atoms. The monoisotopic (exact) mass is 280 g/mol. The average Bonchev–Trinajstić information content (AvgIpc) is 2.90. The standard InChI is InChI=1S/C14H16O4S/c15-13(16)14(11-6-8-19(17,18)9-11)7-5-10-3-1-2-4-12(10)14/h1-4,11H,5-9H2,(H,15,16). The fourth-order valence-corrected chi connectivity index (χ4v) is 5.52. The molecule has 1 fully saturated rings. The topological polar surface area (TPSA) is 71.4 Å². The Morgan fingerprint density at radius 3 is 2.68 bits per heavy atom. The van der Waals surface area contributed by atoms with Crippen LogP contribution >= 0.6 is 0 Å². The van der Waals surface area contributed by atoms with Crippen LogP contribution in [-0.4, -0.2) is 31.0 Å². The van der Waals surface area contributed by atoms with Crippen LogP contribution in [0.15, 0.2) is 24.3 Å². The van der Waals surface area contributed by atoms with Crippen molar-refractivity contribution in [3.05, 3.63) is 35.4 Å². The second kappa shape index (κ2) is 4.07. The molecule has 2 unspecified atom stereocenters. The Kier molecular flexibility index (Phi) is 2.71. The number of aryl methyl sites for hydroxylation is 1. The van der Waals surface area contributed by atoms with E-state index in [1.54, 1.807) is 0 Å². The first-order valence-electron chi connectivity index (χ1n) is 6.48. The average molecular weight is 280 g/mol. The minimum atomic E-state index is -3.07. The lowest BCUT2D eigenvalue weighted by Gasteiger charge is -2.31. The highest BCUT2D eigenvalue weighted by Crippen LogP contribution is 2.48. The Balaban J connectivity index is 2.11. The Morgan fingerprint density at radius 1 is 1.32 bits per heavy atom. The third kappa shape index (κ3) is 1.79. The zero-order valence-corrected chi connectivity index (χ0v) is 11.3. The van der Waals surface area contributed by atoms with Crippen molar-refractivity contribution in [1.82, 2.24) is 0 Å². The number of carbonyl (C=O) groups is 1. The van der Waals surface area contributed by atoms with Gasteiger partial charge in [0.05, 0.1) is 16.9 Å². The molecule has 2 atom stereocenters. The summed E-state index contributed by atoms with van der Waals surface area (Å²) in [4.78, 5) is 11.9. The smallest absolute Gasteiger partial charge is 0.314 e. The number of fused-ring (bicyclic) bond motifs is 1. The molecule has 0 amide bonds. The lowest BCUT2D eigenvalue weighted by molar-refractivity contribution is -0.145. The van der Waals surface area contributed by atoms with E-state index in [1.807, 2.05) is 24.3 Å². The number of carboxylic acid groups (broad SMARTS) is 1. The molecule has 4 nitrogen and oxygen atoms in total. The van der Waals surface area contributed by atoms with Crippen LogP contribution in [0.1, 0.15) is 24.0 Å². The zero-order chi connectivity index (χ0) is 13.7. The lowest BCUT2D eigenvalue weighted by Crippen LogP contribution is -2.42. The summed E-state index contributed by atoms with van der Waals surface area (Å²) in [5.74, 6) is -1.04. The van der Waals surface area contributed by atoms with Crippen molar-refractivity contribution in [2.45, 2.75) is 24.7 Å². The van der Waals surface area contributed by atoms with Gasteiger partial charge in [-0.1, -0.05) is 24.3 Å². The minimum Gasteiger partial charge on any atom is -0.481 e. The zero-order valence-electron chi connectivity index (χ0n) is 10.5. The van der Waals surface area contributed by atoms with Gasteiger partial charge in [0, 0.05) is 0 Å². The molecule has 19 heavy (non-hydrogen) atoms. The summed E-state index contributed by atoms with van der Waals surface area (Å²) in [5, 5.41) is 9.75. The summed E-state index contributed by atoms with van der Waals surface area (Å²) >= 11 is 0. The van der Waals surface area contributed by atoms with Gasteiger partial charge in [-0.25, -0.2) is 8.42 Å². The number of aliphatic carboxylic acids is 1. The van der Waals surface area contributed by atoms with Crippen LogP contribution in [0.2, 0.25) is 0 Å². The van der Waals surface area contributed by atoms with Gasteiger partial charge in [0.15, 0.2) is 9.84 Å². The molecule has 1 aliphatic carbocycles. The van der Waals surface area contributed by atoms with E-state index in [0.717, 1.165) is 17.5 Å². The molecular formula is C14H16O4S. The van der Waals surface area contributed by atoms with E-state index < -0.39 is 21.2 Å². The highest BCUT2D eigenvalue weighted by Gasteiger charge is 2.54. The maximum absolute atomic E-state index is 11.9. The Morgan fingerprint density at radius 2 is 2.05 bits per heavy atom. The number of carboxylic acids is 1. The van der Waals surface area contributed by atoms with Gasteiger partial charge in [-0.15, -0.1) is 0 Å². The molecule has 2 aliphatic rings. The predicted molar refractivity (Wildman–Crippen MR) is 70.8 cm³/mol. The molecule has 0 bridgehead atoms. The van der Waals surface area contributed by atoms with Crippen molar-refractivity contribution in [2.24, 2.45) is 5.92 Å². The van der Waals surface area contributed by atoms with Gasteiger partial charge >= 0.3 is 5.97 Å². The number of hydrogen-bond donors (Lipinski definition) is 1. The van der Waals surface area contributed by atoms with Gasteiger partial charge in [-0.3, -0.25) is 4.79 Å². The summed E-state index contributed by atoms with van der Waals surface area (Å²) in [6.07, 6.45) is 1.70. The SMILES string of the molecule is O=C(O)C1(C2CCS(=O)(=O)C2)CCc2ccccc21. The summed E-state index contributed by atoms with van der Waals surface area (Å²) in [6, 6.07) is 7.54. The summed E-state index contributed by atoms with van der Waals surface area (Å²) < 4.78 is 23.4. The normalized spacial score (nSPS) is 32.1. The van der Waals surface area contributed by atoms with Crippen LogP contribution in [0, 0.1) is 5.92 Å². The number of benzene rings is 1. The fourth-order valence-electron chi connectivity index (χ4n) is 3.64. The first-order chi connectivity index (χ1) is 8.96. The van der Waals surface area contributed by atoms with E-state index in [-0.39, 0.29) is 17.4 Å². The van der Waals surface area contributed by atoms with Crippen molar-refractivity contribution in [3.63, 3.8) is 0 Å². The fraction of sp³-hybridized carbons (Fsp3) is 0.500. The summed E-state index contributed by atoms with van der Waals surface area (Å²) in [7, 11) is -3.07. The van der Waals surface area contributed by atoms with Crippen molar-refractivity contribution >= 4 is 15.8 Å². The molecule has 5 heteroatoms. The molecule has 1 saturated heterocycles. The molecule has 0 aromatic heterocycles. The molecule has 1 aliphatic heterocycles. The highest BCUT2D eigenvalue weighted by molar-refractivity contribution is 7.91. The van der Waals surface area contributed by atoms with Gasteiger partial charge in [0.2, 0.25) is 0 Å². The van der Waals surface area contributed by atoms with Gasteiger partial charge < -0.3 is 5.11 Å². The van der Waals surface area contributed by atoms with Crippen molar-refractivity contribution < 1.29 is 18.3 Å². The first kappa shape index (κ1) is 12.7. The molecular weight excluding hydrogens is 264 g/mol. The van der Waals surface area contributed by atoms with E-state index in [4.69, 9.17) is 0 Å². The van der Waals surface area contributed by atoms with Gasteiger partial charge in [-0.2, -0.15) is 0 Å². The number of rotatable bonds is 2. The largest absolute Gasteiger partial charge is 0.481 e. The Bertz CT molecular complexity index is 635. The van der Waals surface area contributed by atoms with Crippen LogP contribution in [0.25, 0.3) is 0 Å².